The molecule has 1 N–H and O–H groups in total. The topological polar surface area (TPSA) is 42.2 Å². The van der Waals surface area contributed by atoms with Crippen molar-refractivity contribution in [3.05, 3.63) is 34.7 Å². The van der Waals surface area contributed by atoms with Crippen LogP contribution in [0.25, 0.3) is 0 Å². The average molecular weight is 179 g/mol. The predicted octanol–water partition coefficient (Wildman–Crippen LogP) is 0.619. The van der Waals surface area contributed by atoms with Gasteiger partial charge in [0.05, 0.1) is 12.6 Å². The molecule has 0 amide bonds. The van der Waals surface area contributed by atoms with Gasteiger partial charge in [-0.3, -0.25) is 4.79 Å². The summed E-state index contributed by atoms with van der Waals surface area (Å²) in [6.45, 7) is 0.435. The third-order valence-electron chi connectivity index (χ3n) is 2.45. The molecule has 1 saturated carbocycles. The number of rotatable bonds is 3. The molecule has 3 heteroatoms. The van der Waals surface area contributed by atoms with Crippen LogP contribution in [0.15, 0.2) is 29.2 Å². The van der Waals surface area contributed by atoms with Crippen LogP contribution < -0.4 is 5.56 Å². The molecule has 0 bridgehead atoms. The van der Waals surface area contributed by atoms with Gasteiger partial charge in [0.1, 0.15) is 0 Å². The second kappa shape index (κ2) is 3.34. The maximum absolute atomic E-state index is 11.2. The van der Waals surface area contributed by atoms with Gasteiger partial charge in [-0.15, -0.1) is 0 Å². The molecule has 1 heterocycles. The van der Waals surface area contributed by atoms with Crippen molar-refractivity contribution in [2.45, 2.75) is 25.5 Å². The number of aliphatic hydroxyl groups is 1. The Labute approximate surface area is 76.6 Å². The van der Waals surface area contributed by atoms with Crippen molar-refractivity contribution in [2.24, 2.45) is 5.92 Å². The highest BCUT2D eigenvalue weighted by atomic mass is 16.3. The molecule has 13 heavy (non-hydrogen) atoms. The molecular weight excluding hydrogens is 166 g/mol. The highest BCUT2D eigenvalue weighted by molar-refractivity contribution is 4.94. The van der Waals surface area contributed by atoms with E-state index in [1.165, 1.54) is 6.07 Å². The van der Waals surface area contributed by atoms with E-state index in [0.29, 0.717) is 12.5 Å². The summed E-state index contributed by atoms with van der Waals surface area (Å²) < 4.78 is 1.56. The van der Waals surface area contributed by atoms with Gasteiger partial charge in [-0.05, 0) is 24.8 Å². The highest BCUT2D eigenvalue weighted by Crippen LogP contribution is 2.32. The van der Waals surface area contributed by atoms with E-state index >= 15 is 0 Å². The van der Waals surface area contributed by atoms with Crippen molar-refractivity contribution in [3.8, 4) is 0 Å². The summed E-state index contributed by atoms with van der Waals surface area (Å²) in [4.78, 5) is 11.2. The SMILES string of the molecule is O=c1ccccn1CC(O)C1CC1. The summed E-state index contributed by atoms with van der Waals surface area (Å²) in [7, 11) is 0. The Morgan fingerprint density at radius 3 is 2.92 bits per heavy atom. The van der Waals surface area contributed by atoms with Crippen LogP contribution in [0.1, 0.15) is 12.8 Å². The third-order valence-corrected chi connectivity index (χ3v) is 2.45. The Bertz CT molecular complexity index is 341. The number of hydrogen-bond acceptors (Lipinski definition) is 2. The van der Waals surface area contributed by atoms with Crippen molar-refractivity contribution in [1.82, 2.24) is 4.57 Å². The van der Waals surface area contributed by atoms with Gasteiger partial charge < -0.3 is 9.67 Å². The third kappa shape index (κ3) is 1.98. The standard InChI is InChI=1S/C10H13NO2/c12-9(8-4-5-8)7-11-6-2-1-3-10(11)13/h1-3,6,8-9,12H,4-5,7H2. The summed E-state index contributed by atoms with van der Waals surface area (Å²) in [5, 5.41) is 9.61. The lowest BCUT2D eigenvalue weighted by Gasteiger charge is -2.10. The van der Waals surface area contributed by atoms with Crippen LogP contribution in [-0.4, -0.2) is 15.8 Å². The molecule has 1 aliphatic rings. The van der Waals surface area contributed by atoms with Gasteiger partial charge in [0.2, 0.25) is 0 Å². The summed E-state index contributed by atoms with van der Waals surface area (Å²) in [6, 6.07) is 5.03. The monoisotopic (exact) mass is 179 g/mol. The van der Waals surface area contributed by atoms with E-state index in [1.807, 2.05) is 0 Å². The zero-order valence-electron chi connectivity index (χ0n) is 7.39. The van der Waals surface area contributed by atoms with Crippen molar-refractivity contribution < 1.29 is 5.11 Å². The molecule has 1 unspecified atom stereocenters. The average Bonchev–Trinajstić information content (AvgIpc) is 2.91. The Hall–Kier alpha value is -1.09. The van der Waals surface area contributed by atoms with Crippen LogP contribution in [0.5, 0.6) is 0 Å². The smallest absolute Gasteiger partial charge is 0.250 e. The maximum atomic E-state index is 11.2. The number of pyridine rings is 1. The first-order valence-corrected chi connectivity index (χ1v) is 4.61. The van der Waals surface area contributed by atoms with E-state index < -0.39 is 0 Å². The van der Waals surface area contributed by atoms with Crippen molar-refractivity contribution in [3.63, 3.8) is 0 Å². The molecule has 70 valence electrons. The first-order valence-electron chi connectivity index (χ1n) is 4.61. The lowest BCUT2D eigenvalue weighted by molar-refractivity contribution is 0.130. The predicted molar refractivity (Wildman–Crippen MR) is 49.4 cm³/mol. The first kappa shape index (κ1) is 8.51. The van der Waals surface area contributed by atoms with Crippen LogP contribution >= 0.6 is 0 Å². The number of nitrogens with zero attached hydrogens (tertiary/aromatic N) is 1. The van der Waals surface area contributed by atoms with Crippen LogP contribution in [0.4, 0.5) is 0 Å². The minimum Gasteiger partial charge on any atom is -0.391 e. The molecule has 1 aromatic rings. The van der Waals surface area contributed by atoms with Gasteiger partial charge >= 0.3 is 0 Å². The van der Waals surface area contributed by atoms with E-state index in [1.54, 1.807) is 22.9 Å². The Kier molecular flexibility index (Phi) is 2.19. The van der Waals surface area contributed by atoms with Gasteiger partial charge in [0, 0.05) is 12.3 Å². The Morgan fingerprint density at radius 1 is 1.54 bits per heavy atom. The normalized spacial score (nSPS) is 18.5. The maximum Gasteiger partial charge on any atom is 0.250 e. The number of aliphatic hydroxyl groups excluding tert-OH is 1. The molecule has 0 saturated heterocycles. The quantitative estimate of drug-likeness (QED) is 0.739. The van der Waals surface area contributed by atoms with Crippen LogP contribution in [-0.2, 0) is 6.54 Å². The molecule has 0 aliphatic heterocycles. The number of hydrogen-bond donors (Lipinski definition) is 1. The first-order chi connectivity index (χ1) is 6.27. The minimum atomic E-state index is -0.347. The summed E-state index contributed by atoms with van der Waals surface area (Å²) in [6.07, 6.45) is 3.57. The molecule has 3 nitrogen and oxygen atoms in total. The van der Waals surface area contributed by atoms with Gasteiger partial charge in [-0.25, -0.2) is 0 Å². The fraction of sp³-hybridized carbons (Fsp3) is 0.500. The minimum absolute atomic E-state index is 0.0396. The zero-order chi connectivity index (χ0) is 9.26. The second-order valence-corrected chi connectivity index (χ2v) is 3.60. The van der Waals surface area contributed by atoms with E-state index in [2.05, 4.69) is 0 Å². The summed E-state index contributed by atoms with van der Waals surface area (Å²) >= 11 is 0. The molecule has 1 aliphatic carbocycles. The zero-order valence-corrected chi connectivity index (χ0v) is 7.39. The van der Waals surface area contributed by atoms with Crippen LogP contribution in [0, 0.1) is 5.92 Å². The fourth-order valence-corrected chi connectivity index (χ4v) is 1.44. The van der Waals surface area contributed by atoms with Crippen molar-refractivity contribution in [2.75, 3.05) is 0 Å². The van der Waals surface area contributed by atoms with Gasteiger partial charge in [-0.1, -0.05) is 6.07 Å². The molecule has 1 fully saturated rings. The Balaban J connectivity index is 2.08. The van der Waals surface area contributed by atoms with Crippen molar-refractivity contribution >= 4 is 0 Å². The largest absolute Gasteiger partial charge is 0.391 e. The summed E-state index contributed by atoms with van der Waals surface area (Å²) in [5.41, 5.74) is -0.0396. The molecule has 0 radical (unpaired) electrons. The lowest BCUT2D eigenvalue weighted by atomic mass is 10.2. The van der Waals surface area contributed by atoms with Crippen LogP contribution in [0.3, 0.4) is 0 Å². The second-order valence-electron chi connectivity index (χ2n) is 3.60. The van der Waals surface area contributed by atoms with Crippen molar-refractivity contribution in [1.29, 1.82) is 0 Å². The van der Waals surface area contributed by atoms with E-state index in [9.17, 15) is 9.90 Å². The molecule has 2 rings (SSSR count). The summed E-state index contributed by atoms with van der Waals surface area (Å²) in [5.74, 6) is 0.423. The molecule has 0 spiro atoms. The fourth-order valence-electron chi connectivity index (χ4n) is 1.44. The highest BCUT2D eigenvalue weighted by Gasteiger charge is 2.29. The molecule has 1 atom stereocenters. The van der Waals surface area contributed by atoms with Gasteiger partial charge in [0.15, 0.2) is 0 Å². The molecule has 0 aromatic carbocycles. The molecular formula is C10H13NO2. The Morgan fingerprint density at radius 2 is 2.31 bits per heavy atom. The molecule has 1 aromatic heterocycles. The van der Waals surface area contributed by atoms with E-state index in [0.717, 1.165) is 12.8 Å². The lowest BCUT2D eigenvalue weighted by Crippen LogP contribution is -2.26. The van der Waals surface area contributed by atoms with E-state index in [4.69, 9.17) is 0 Å². The van der Waals surface area contributed by atoms with Crippen LogP contribution in [0.2, 0.25) is 0 Å². The van der Waals surface area contributed by atoms with E-state index in [-0.39, 0.29) is 11.7 Å². The number of aromatic nitrogens is 1. The van der Waals surface area contributed by atoms with Gasteiger partial charge in [0.25, 0.3) is 5.56 Å². The van der Waals surface area contributed by atoms with Gasteiger partial charge in [-0.2, -0.15) is 0 Å².